The van der Waals surface area contributed by atoms with Crippen molar-refractivity contribution in [2.45, 2.75) is 20.0 Å². The van der Waals surface area contributed by atoms with Gasteiger partial charge in [0.05, 0.1) is 0 Å². The average Bonchev–Trinajstić information content (AvgIpc) is 2.10. The number of oxime groups is 2. The number of hydrogen-bond donors (Lipinski definition) is 1. The predicted octanol–water partition coefficient (Wildman–Crippen LogP) is 1.32. The van der Waals surface area contributed by atoms with Crippen molar-refractivity contribution in [2.24, 2.45) is 10.3 Å². The summed E-state index contributed by atoms with van der Waals surface area (Å²) in [6.07, 6.45) is -5.09. The molecule has 1 N–H and O–H groups in total. The number of halogens is 3. The van der Waals surface area contributed by atoms with Crippen molar-refractivity contribution >= 4 is 17.4 Å². The van der Waals surface area contributed by atoms with Crippen LogP contribution < -0.4 is 0 Å². The summed E-state index contributed by atoms with van der Waals surface area (Å²) in [7, 11) is 0. The number of carbonyl (C=O) groups excluding carboxylic acids is 1. The van der Waals surface area contributed by atoms with Crippen molar-refractivity contribution in [3.63, 3.8) is 0 Å². The molecule has 0 aliphatic heterocycles. The lowest BCUT2D eigenvalue weighted by Crippen LogP contribution is -2.24. The lowest BCUT2D eigenvalue weighted by Gasteiger charge is -2.01. The van der Waals surface area contributed by atoms with Crippen LogP contribution in [0.5, 0.6) is 0 Å². The fourth-order valence-electron chi connectivity index (χ4n) is 0.300. The van der Waals surface area contributed by atoms with Crippen molar-refractivity contribution in [3.05, 3.63) is 0 Å². The molecule has 0 amide bonds. The topological polar surface area (TPSA) is 71.2 Å². The van der Waals surface area contributed by atoms with Gasteiger partial charge in [-0.25, -0.2) is 4.79 Å². The Morgan fingerprint density at radius 1 is 1.29 bits per heavy atom. The largest absolute Gasteiger partial charge is 0.493 e. The minimum absolute atomic E-state index is 0.0556. The Labute approximate surface area is 76.8 Å². The fraction of sp³-hybridized carbons (Fsp3) is 0.500. The molecule has 0 saturated carbocycles. The molecule has 0 aromatic carbocycles. The molecule has 0 aromatic heterocycles. The molecule has 0 bridgehead atoms. The molecule has 0 heterocycles. The van der Waals surface area contributed by atoms with Crippen molar-refractivity contribution in [3.8, 4) is 0 Å². The maximum absolute atomic E-state index is 11.6. The van der Waals surface area contributed by atoms with Crippen molar-refractivity contribution in [1.82, 2.24) is 0 Å². The zero-order valence-electron chi connectivity index (χ0n) is 7.29. The van der Waals surface area contributed by atoms with Crippen LogP contribution in [0.25, 0.3) is 0 Å². The van der Waals surface area contributed by atoms with Crippen molar-refractivity contribution in [1.29, 1.82) is 0 Å². The molecule has 80 valence electrons. The Morgan fingerprint density at radius 2 is 1.79 bits per heavy atom. The van der Waals surface area contributed by atoms with E-state index in [0.717, 1.165) is 0 Å². The molecular weight excluding hydrogens is 205 g/mol. The Hall–Kier alpha value is -1.60. The molecule has 0 aromatic rings. The second kappa shape index (κ2) is 4.58. The summed E-state index contributed by atoms with van der Waals surface area (Å²) in [5.74, 6) is -2.43. The van der Waals surface area contributed by atoms with Gasteiger partial charge in [-0.2, -0.15) is 13.2 Å². The minimum Gasteiger partial charge on any atom is -0.411 e. The summed E-state index contributed by atoms with van der Waals surface area (Å²) in [6.45, 7) is 2.50. The van der Waals surface area contributed by atoms with Gasteiger partial charge in [-0.3, -0.25) is 0 Å². The highest BCUT2D eigenvalue weighted by molar-refractivity contribution is 6.40. The Kier molecular flexibility index (Phi) is 4.06. The third-order valence-electron chi connectivity index (χ3n) is 1.17. The van der Waals surface area contributed by atoms with Gasteiger partial charge in [-0.05, 0) is 13.8 Å². The molecule has 0 saturated heterocycles. The number of carbonyl (C=O) groups is 1. The third kappa shape index (κ3) is 3.87. The Balaban J connectivity index is 4.39. The highest BCUT2D eigenvalue weighted by Crippen LogP contribution is 2.16. The predicted molar refractivity (Wildman–Crippen MR) is 40.2 cm³/mol. The van der Waals surface area contributed by atoms with Gasteiger partial charge >= 0.3 is 12.1 Å². The SMILES string of the molecule is CC(=NO)C(C)=NOC(=O)C(F)(F)F. The molecule has 5 nitrogen and oxygen atoms in total. The summed E-state index contributed by atoms with van der Waals surface area (Å²) >= 11 is 0. The maximum atomic E-state index is 11.6. The quantitative estimate of drug-likeness (QED) is 0.324. The molecule has 0 aliphatic carbocycles. The van der Waals surface area contributed by atoms with E-state index >= 15 is 0 Å². The van der Waals surface area contributed by atoms with Gasteiger partial charge in [0.2, 0.25) is 0 Å². The first-order chi connectivity index (χ1) is 6.29. The van der Waals surface area contributed by atoms with Gasteiger partial charge in [0.1, 0.15) is 11.4 Å². The summed E-state index contributed by atoms with van der Waals surface area (Å²) in [4.78, 5) is 13.6. The molecule has 0 atom stereocenters. The number of alkyl halides is 3. The first-order valence-electron chi connectivity index (χ1n) is 3.30. The van der Waals surface area contributed by atoms with Gasteiger partial charge < -0.3 is 10.0 Å². The standard InChI is InChI=1S/C6H7F3N2O3/c1-3(10-13)4(2)11-14-5(12)6(7,8)9/h13H,1-2H3. The van der Waals surface area contributed by atoms with E-state index in [2.05, 4.69) is 15.1 Å². The zero-order chi connectivity index (χ0) is 11.4. The maximum Gasteiger partial charge on any atom is 0.493 e. The lowest BCUT2D eigenvalue weighted by molar-refractivity contribution is -0.199. The average molecular weight is 212 g/mol. The number of hydrogen-bond acceptors (Lipinski definition) is 5. The van der Waals surface area contributed by atoms with E-state index in [0.29, 0.717) is 0 Å². The monoisotopic (exact) mass is 212 g/mol. The molecule has 0 rings (SSSR count). The van der Waals surface area contributed by atoms with Crippen LogP contribution in [0.1, 0.15) is 13.8 Å². The van der Waals surface area contributed by atoms with Crippen LogP contribution in [0, 0.1) is 0 Å². The number of rotatable bonds is 2. The van der Waals surface area contributed by atoms with E-state index in [1.54, 1.807) is 0 Å². The lowest BCUT2D eigenvalue weighted by atomic mass is 10.3. The van der Waals surface area contributed by atoms with Crippen molar-refractivity contribution in [2.75, 3.05) is 0 Å². The molecule has 0 aliphatic rings. The molecule has 0 fully saturated rings. The minimum atomic E-state index is -5.09. The van der Waals surface area contributed by atoms with Crippen LogP contribution >= 0.6 is 0 Å². The summed E-state index contributed by atoms with van der Waals surface area (Å²) in [5, 5.41) is 13.6. The van der Waals surface area contributed by atoms with Crippen LogP contribution in [0.2, 0.25) is 0 Å². The molecular formula is C6H7F3N2O3. The highest BCUT2D eigenvalue weighted by Gasteiger charge is 2.41. The van der Waals surface area contributed by atoms with Crippen molar-refractivity contribution < 1.29 is 28.0 Å². The van der Waals surface area contributed by atoms with Crippen LogP contribution in [0.4, 0.5) is 13.2 Å². The second-order valence-corrected chi connectivity index (χ2v) is 2.24. The first-order valence-corrected chi connectivity index (χ1v) is 3.30. The number of nitrogens with zero attached hydrogens (tertiary/aromatic N) is 2. The van der Waals surface area contributed by atoms with E-state index in [4.69, 9.17) is 5.21 Å². The Bertz CT molecular complexity index is 283. The van der Waals surface area contributed by atoms with Gasteiger partial charge in [0.15, 0.2) is 0 Å². The second-order valence-electron chi connectivity index (χ2n) is 2.24. The van der Waals surface area contributed by atoms with E-state index in [-0.39, 0.29) is 11.4 Å². The summed E-state index contributed by atoms with van der Waals surface area (Å²) in [5.41, 5.74) is -0.190. The normalized spacial score (nSPS) is 14.1. The van der Waals surface area contributed by atoms with E-state index in [1.165, 1.54) is 13.8 Å². The van der Waals surface area contributed by atoms with E-state index < -0.39 is 12.1 Å². The first kappa shape index (κ1) is 12.4. The molecule has 0 unspecified atom stereocenters. The van der Waals surface area contributed by atoms with Crippen LogP contribution in [-0.2, 0) is 9.63 Å². The van der Waals surface area contributed by atoms with Gasteiger partial charge in [0.25, 0.3) is 0 Å². The zero-order valence-corrected chi connectivity index (χ0v) is 7.29. The smallest absolute Gasteiger partial charge is 0.411 e. The van der Waals surface area contributed by atoms with E-state index in [9.17, 15) is 18.0 Å². The van der Waals surface area contributed by atoms with Crippen LogP contribution in [0.3, 0.4) is 0 Å². The van der Waals surface area contributed by atoms with Gasteiger partial charge in [0, 0.05) is 0 Å². The molecule has 8 heteroatoms. The fourth-order valence-corrected chi connectivity index (χ4v) is 0.300. The van der Waals surface area contributed by atoms with Crippen LogP contribution in [0.15, 0.2) is 10.3 Å². The van der Waals surface area contributed by atoms with E-state index in [1.807, 2.05) is 0 Å². The summed E-state index contributed by atoms with van der Waals surface area (Å²) < 4.78 is 34.7. The van der Waals surface area contributed by atoms with Crippen LogP contribution in [-0.4, -0.2) is 28.8 Å². The molecule has 0 radical (unpaired) electrons. The van der Waals surface area contributed by atoms with Gasteiger partial charge in [-0.15, -0.1) is 0 Å². The Morgan fingerprint density at radius 3 is 2.14 bits per heavy atom. The highest BCUT2D eigenvalue weighted by atomic mass is 19.4. The van der Waals surface area contributed by atoms with Gasteiger partial charge in [-0.1, -0.05) is 10.3 Å². The third-order valence-corrected chi connectivity index (χ3v) is 1.17. The molecule has 14 heavy (non-hydrogen) atoms. The molecule has 0 spiro atoms. The summed E-state index contributed by atoms with van der Waals surface area (Å²) in [6, 6.07) is 0.